The highest BCUT2D eigenvalue weighted by Crippen LogP contribution is 2.33. The summed E-state index contributed by atoms with van der Waals surface area (Å²) in [5, 5.41) is 9.02. The third-order valence-electron chi connectivity index (χ3n) is 2.69. The van der Waals surface area contributed by atoms with E-state index in [1.165, 1.54) is 12.1 Å². The summed E-state index contributed by atoms with van der Waals surface area (Å²) in [6, 6.07) is 2.65. The van der Waals surface area contributed by atoms with Crippen molar-refractivity contribution in [2.75, 3.05) is 13.3 Å². The molecule has 0 aliphatic carbocycles. The zero-order chi connectivity index (χ0) is 12.4. The van der Waals surface area contributed by atoms with Crippen LogP contribution in [0, 0.1) is 5.82 Å². The van der Waals surface area contributed by atoms with Gasteiger partial charge in [0, 0.05) is 17.7 Å². The van der Waals surface area contributed by atoms with Crippen molar-refractivity contribution < 1.29 is 23.8 Å². The van der Waals surface area contributed by atoms with Crippen molar-refractivity contribution in [3.05, 3.63) is 29.1 Å². The van der Waals surface area contributed by atoms with Gasteiger partial charge < -0.3 is 20.3 Å². The number of benzene rings is 1. The molecule has 0 spiro atoms. The first-order valence-corrected chi connectivity index (χ1v) is 5.09. The largest absolute Gasteiger partial charge is 0.481 e. The third kappa shape index (κ3) is 2.09. The average Bonchev–Trinajstić information content (AvgIpc) is 2.32. The smallest absolute Gasteiger partial charge is 0.312 e. The molecule has 6 heteroatoms. The van der Waals surface area contributed by atoms with Crippen LogP contribution in [0.4, 0.5) is 4.39 Å². The van der Waals surface area contributed by atoms with Crippen molar-refractivity contribution in [1.29, 1.82) is 0 Å². The molecule has 1 heterocycles. The normalized spacial score (nSPS) is 15.9. The minimum atomic E-state index is -1.16. The van der Waals surface area contributed by atoms with Crippen molar-refractivity contribution in [2.24, 2.45) is 5.73 Å². The van der Waals surface area contributed by atoms with Gasteiger partial charge in [-0.15, -0.1) is 0 Å². The number of fused-ring (bicyclic) bond motifs is 1. The van der Waals surface area contributed by atoms with E-state index in [-0.39, 0.29) is 25.5 Å². The van der Waals surface area contributed by atoms with Gasteiger partial charge in [0.15, 0.2) is 6.79 Å². The quantitative estimate of drug-likeness (QED) is 0.818. The van der Waals surface area contributed by atoms with Crippen LogP contribution in [0.5, 0.6) is 5.75 Å². The molecule has 0 amide bonds. The Morgan fingerprint density at radius 1 is 1.59 bits per heavy atom. The van der Waals surface area contributed by atoms with Crippen LogP contribution in [0.25, 0.3) is 0 Å². The molecule has 0 bridgehead atoms. The van der Waals surface area contributed by atoms with Crippen LogP contribution in [0.15, 0.2) is 12.1 Å². The molecule has 2 rings (SSSR count). The maximum atomic E-state index is 13.7. The molecule has 1 unspecified atom stereocenters. The van der Waals surface area contributed by atoms with Gasteiger partial charge in [-0.3, -0.25) is 4.79 Å². The second-order valence-corrected chi connectivity index (χ2v) is 3.67. The first-order chi connectivity index (χ1) is 8.15. The SMILES string of the molecule is NCC(C(=O)O)c1c(F)ccc2c1COCO2. The molecule has 0 fully saturated rings. The van der Waals surface area contributed by atoms with Crippen molar-refractivity contribution in [1.82, 2.24) is 0 Å². The molecule has 1 atom stereocenters. The Kier molecular flexibility index (Phi) is 3.26. The van der Waals surface area contributed by atoms with Crippen molar-refractivity contribution in [3.8, 4) is 5.75 Å². The van der Waals surface area contributed by atoms with Crippen LogP contribution in [0.2, 0.25) is 0 Å². The number of rotatable bonds is 3. The van der Waals surface area contributed by atoms with Crippen LogP contribution in [-0.4, -0.2) is 24.4 Å². The zero-order valence-corrected chi connectivity index (χ0v) is 8.98. The summed E-state index contributed by atoms with van der Waals surface area (Å²) in [6.45, 7) is 0.0351. The molecule has 0 saturated heterocycles. The van der Waals surface area contributed by atoms with E-state index in [1.54, 1.807) is 0 Å². The lowest BCUT2D eigenvalue weighted by Gasteiger charge is -2.23. The number of hydrogen-bond donors (Lipinski definition) is 2. The number of nitrogens with two attached hydrogens (primary N) is 1. The fourth-order valence-corrected chi connectivity index (χ4v) is 1.87. The van der Waals surface area contributed by atoms with E-state index in [0.29, 0.717) is 11.3 Å². The molecule has 1 aromatic rings. The molecule has 17 heavy (non-hydrogen) atoms. The van der Waals surface area contributed by atoms with Gasteiger partial charge in [0.05, 0.1) is 12.5 Å². The van der Waals surface area contributed by atoms with E-state index in [4.69, 9.17) is 20.3 Å². The fraction of sp³-hybridized carbons (Fsp3) is 0.364. The Balaban J connectivity index is 2.54. The van der Waals surface area contributed by atoms with Gasteiger partial charge in [0.2, 0.25) is 0 Å². The highest BCUT2D eigenvalue weighted by Gasteiger charge is 2.28. The molecule has 3 N–H and O–H groups in total. The first kappa shape index (κ1) is 11.8. The van der Waals surface area contributed by atoms with Crippen LogP contribution < -0.4 is 10.5 Å². The average molecular weight is 241 g/mol. The monoisotopic (exact) mass is 241 g/mol. The molecule has 5 nitrogen and oxygen atoms in total. The lowest BCUT2D eigenvalue weighted by atomic mass is 9.93. The maximum Gasteiger partial charge on any atom is 0.312 e. The molecule has 92 valence electrons. The van der Waals surface area contributed by atoms with E-state index >= 15 is 0 Å². The topological polar surface area (TPSA) is 81.8 Å². The van der Waals surface area contributed by atoms with Gasteiger partial charge in [-0.05, 0) is 12.1 Å². The minimum Gasteiger partial charge on any atom is -0.481 e. The second-order valence-electron chi connectivity index (χ2n) is 3.67. The number of hydrogen-bond acceptors (Lipinski definition) is 4. The van der Waals surface area contributed by atoms with Gasteiger partial charge in [-0.1, -0.05) is 0 Å². The van der Waals surface area contributed by atoms with E-state index in [1.807, 2.05) is 0 Å². The Morgan fingerprint density at radius 2 is 2.35 bits per heavy atom. The van der Waals surface area contributed by atoms with Gasteiger partial charge in [0.1, 0.15) is 11.6 Å². The number of carboxylic acid groups (broad SMARTS) is 1. The van der Waals surface area contributed by atoms with E-state index in [2.05, 4.69) is 0 Å². The number of carbonyl (C=O) groups is 1. The number of carboxylic acids is 1. The molecule has 1 aromatic carbocycles. The molecule has 0 saturated carbocycles. The highest BCUT2D eigenvalue weighted by atomic mass is 19.1. The predicted molar refractivity (Wildman–Crippen MR) is 56.1 cm³/mol. The Labute approximate surface area is 96.9 Å². The van der Waals surface area contributed by atoms with E-state index in [9.17, 15) is 9.18 Å². The van der Waals surface area contributed by atoms with Gasteiger partial charge in [-0.2, -0.15) is 0 Å². The number of halogens is 1. The number of aliphatic carboxylic acids is 1. The Hall–Kier alpha value is -1.66. The summed E-state index contributed by atoms with van der Waals surface area (Å²) in [5.74, 6) is -2.40. The van der Waals surface area contributed by atoms with Crippen LogP contribution in [-0.2, 0) is 16.1 Å². The van der Waals surface area contributed by atoms with E-state index < -0.39 is 17.7 Å². The third-order valence-corrected chi connectivity index (χ3v) is 2.69. The molecule has 1 aliphatic heterocycles. The molecular weight excluding hydrogens is 229 g/mol. The summed E-state index contributed by atoms with van der Waals surface area (Å²) < 4.78 is 24.0. The van der Waals surface area contributed by atoms with Gasteiger partial charge in [0.25, 0.3) is 0 Å². The lowest BCUT2D eigenvalue weighted by Crippen LogP contribution is -2.25. The molecule has 0 aromatic heterocycles. The summed E-state index contributed by atoms with van der Waals surface area (Å²) in [5.41, 5.74) is 5.86. The molecular formula is C11H12FNO4. The lowest BCUT2D eigenvalue weighted by molar-refractivity contribution is -0.138. The Bertz CT molecular complexity index is 449. The highest BCUT2D eigenvalue weighted by molar-refractivity contribution is 5.77. The first-order valence-electron chi connectivity index (χ1n) is 5.09. The second kappa shape index (κ2) is 4.68. The van der Waals surface area contributed by atoms with Crippen molar-refractivity contribution in [3.63, 3.8) is 0 Å². The standard InChI is InChI=1S/C11H12FNO4/c12-8-1-2-9-7(4-16-5-17-9)10(8)6(3-13)11(14)15/h1-2,6H,3-5,13H2,(H,14,15). The zero-order valence-electron chi connectivity index (χ0n) is 8.98. The minimum absolute atomic E-state index is 0.0530. The van der Waals surface area contributed by atoms with E-state index in [0.717, 1.165) is 0 Å². The van der Waals surface area contributed by atoms with Crippen LogP contribution in [0.1, 0.15) is 17.0 Å². The summed E-state index contributed by atoms with van der Waals surface area (Å²) in [7, 11) is 0. The van der Waals surface area contributed by atoms with Crippen LogP contribution >= 0.6 is 0 Å². The van der Waals surface area contributed by atoms with Gasteiger partial charge in [-0.25, -0.2) is 4.39 Å². The number of ether oxygens (including phenoxy) is 2. The summed E-state index contributed by atoms with van der Waals surface area (Å²) >= 11 is 0. The van der Waals surface area contributed by atoms with Crippen molar-refractivity contribution in [2.45, 2.75) is 12.5 Å². The van der Waals surface area contributed by atoms with Crippen LogP contribution in [0.3, 0.4) is 0 Å². The predicted octanol–water partition coefficient (Wildman–Crippen LogP) is 0.819. The molecule has 0 radical (unpaired) electrons. The maximum absolute atomic E-state index is 13.7. The summed E-state index contributed by atoms with van der Waals surface area (Å²) in [6.07, 6.45) is 0. The molecule has 1 aliphatic rings. The fourth-order valence-electron chi connectivity index (χ4n) is 1.87. The summed E-state index contributed by atoms with van der Waals surface area (Å²) in [4.78, 5) is 11.0. The van der Waals surface area contributed by atoms with Gasteiger partial charge >= 0.3 is 5.97 Å². The van der Waals surface area contributed by atoms with Crippen molar-refractivity contribution >= 4 is 5.97 Å². The Morgan fingerprint density at radius 3 is 3.00 bits per heavy atom.